The van der Waals surface area contributed by atoms with Crippen molar-refractivity contribution in [1.29, 1.82) is 0 Å². The van der Waals surface area contributed by atoms with E-state index in [1.54, 1.807) is 6.20 Å². The molecule has 0 unspecified atom stereocenters. The fourth-order valence-corrected chi connectivity index (χ4v) is 3.03. The summed E-state index contributed by atoms with van der Waals surface area (Å²) >= 11 is 0. The van der Waals surface area contributed by atoms with Gasteiger partial charge in [0.2, 0.25) is 0 Å². The minimum absolute atomic E-state index is 0. The first-order valence-electron chi connectivity index (χ1n) is 9.31. The number of aromatic amines is 1. The molecule has 0 saturated heterocycles. The highest BCUT2D eigenvalue weighted by molar-refractivity contribution is 14.0. The van der Waals surface area contributed by atoms with E-state index < -0.39 is 0 Å². The smallest absolute Gasteiger partial charge is 0.191 e. The number of H-pyrrole nitrogens is 1. The maximum absolute atomic E-state index is 4.66. The summed E-state index contributed by atoms with van der Waals surface area (Å²) < 4.78 is 2.08. The van der Waals surface area contributed by atoms with Crippen LogP contribution in [0.1, 0.15) is 24.5 Å². The van der Waals surface area contributed by atoms with Gasteiger partial charge in [-0.25, -0.2) is 4.98 Å². The van der Waals surface area contributed by atoms with Crippen molar-refractivity contribution in [3.63, 3.8) is 0 Å². The van der Waals surface area contributed by atoms with Crippen LogP contribution in [0.15, 0.2) is 48.1 Å². The molecule has 3 N–H and O–H groups in total. The summed E-state index contributed by atoms with van der Waals surface area (Å²) in [6.45, 7) is 7.66. The van der Waals surface area contributed by atoms with Crippen LogP contribution in [0.2, 0.25) is 0 Å². The molecular formula is C20H29IN6. The van der Waals surface area contributed by atoms with Crippen LogP contribution in [-0.2, 0) is 13.0 Å². The Hall–Kier alpha value is -2.03. The van der Waals surface area contributed by atoms with E-state index in [4.69, 9.17) is 0 Å². The Bertz CT molecular complexity index is 837. The van der Waals surface area contributed by atoms with Crippen molar-refractivity contribution in [2.45, 2.75) is 33.2 Å². The summed E-state index contributed by atoms with van der Waals surface area (Å²) in [5.74, 6) is 0.883. The van der Waals surface area contributed by atoms with E-state index >= 15 is 0 Å². The lowest BCUT2D eigenvalue weighted by atomic mass is 10.1. The molecule has 0 bridgehead atoms. The number of aryl methyl sites for hydroxylation is 2. The summed E-state index contributed by atoms with van der Waals surface area (Å²) in [4.78, 5) is 12.1. The molecule has 0 aliphatic rings. The van der Waals surface area contributed by atoms with Crippen LogP contribution in [0.3, 0.4) is 0 Å². The zero-order valence-electron chi connectivity index (χ0n) is 16.0. The summed E-state index contributed by atoms with van der Waals surface area (Å²) in [7, 11) is 0. The Balaban J connectivity index is 0.00000261. The van der Waals surface area contributed by atoms with E-state index in [1.165, 1.54) is 22.0 Å². The lowest BCUT2D eigenvalue weighted by Gasteiger charge is -2.11. The molecule has 0 atom stereocenters. The highest BCUT2D eigenvalue weighted by Crippen LogP contribution is 2.19. The normalized spacial score (nSPS) is 11.4. The zero-order valence-corrected chi connectivity index (χ0v) is 18.4. The number of nitrogens with zero attached hydrogens (tertiary/aromatic N) is 3. The monoisotopic (exact) mass is 480 g/mol. The maximum Gasteiger partial charge on any atom is 0.191 e. The van der Waals surface area contributed by atoms with Crippen molar-refractivity contribution >= 4 is 40.8 Å². The van der Waals surface area contributed by atoms with Crippen molar-refractivity contribution in [3.05, 3.63) is 54.2 Å². The molecule has 2 aromatic heterocycles. The fourth-order valence-electron chi connectivity index (χ4n) is 3.03. The number of nitrogens with one attached hydrogen (secondary N) is 3. The van der Waals surface area contributed by atoms with Crippen LogP contribution in [0.5, 0.6) is 0 Å². The topological polar surface area (TPSA) is 70.0 Å². The Morgan fingerprint density at radius 2 is 2.19 bits per heavy atom. The van der Waals surface area contributed by atoms with Gasteiger partial charge in [0.15, 0.2) is 5.96 Å². The van der Waals surface area contributed by atoms with Crippen molar-refractivity contribution in [3.8, 4) is 0 Å². The Kier molecular flexibility index (Phi) is 8.63. The Labute approximate surface area is 177 Å². The van der Waals surface area contributed by atoms with Crippen LogP contribution >= 0.6 is 24.0 Å². The minimum atomic E-state index is 0. The van der Waals surface area contributed by atoms with Crippen molar-refractivity contribution in [2.75, 3.05) is 19.6 Å². The minimum Gasteiger partial charge on any atom is -0.361 e. The number of hydrogen-bond donors (Lipinski definition) is 3. The highest BCUT2D eigenvalue weighted by Gasteiger charge is 2.04. The largest absolute Gasteiger partial charge is 0.361 e. The molecule has 0 fully saturated rings. The molecule has 0 radical (unpaired) electrons. The molecule has 3 aromatic rings. The second-order valence-electron chi connectivity index (χ2n) is 6.45. The first kappa shape index (κ1) is 21.3. The number of fused-ring (bicyclic) bond motifs is 1. The fraction of sp³-hybridized carbons (Fsp3) is 0.400. The third kappa shape index (κ3) is 6.27. The van der Waals surface area contributed by atoms with E-state index in [0.717, 1.165) is 45.0 Å². The lowest BCUT2D eigenvalue weighted by molar-refractivity contribution is 0.647. The molecule has 0 saturated carbocycles. The van der Waals surface area contributed by atoms with Gasteiger partial charge in [-0.1, -0.05) is 12.1 Å². The predicted molar refractivity (Wildman–Crippen MR) is 123 cm³/mol. The average molecular weight is 480 g/mol. The van der Waals surface area contributed by atoms with Crippen LogP contribution in [0.25, 0.3) is 10.9 Å². The zero-order chi connectivity index (χ0) is 18.2. The van der Waals surface area contributed by atoms with Gasteiger partial charge in [0.05, 0.1) is 6.33 Å². The van der Waals surface area contributed by atoms with Crippen molar-refractivity contribution in [2.24, 2.45) is 4.99 Å². The van der Waals surface area contributed by atoms with Gasteiger partial charge < -0.3 is 20.2 Å². The SMILES string of the molecule is CCNC(=NCCCn1ccnc1)NCCc1c[nH]c2cc(C)ccc12.I. The van der Waals surface area contributed by atoms with Gasteiger partial charge in [-0.05, 0) is 43.9 Å². The number of aromatic nitrogens is 3. The molecule has 1 aromatic carbocycles. The third-order valence-electron chi connectivity index (χ3n) is 4.36. The second kappa shape index (κ2) is 11.0. The lowest BCUT2D eigenvalue weighted by Crippen LogP contribution is -2.38. The predicted octanol–water partition coefficient (Wildman–Crippen LogP) is 3.48. The Morgan fingerprint density at radius 3 is 2.96 bits per heavy atom. The van der Waals surface area contributed by atoms with Gasteiger partial charge in [0, 0.05) is 55.7 Å². The summed E-state index contributed by atoms with van der Waals surface area (Å²) in [6, 6.07) is 6.56. The number of halogens is 1. The molecule has 0 spiro atoms. The molecule has 27 heavy (non-hydrogen) atoms. The van der Waals surface area contributed by atoms with Gasteiger partial charge >= 0.3 is 0 Å². The van der Waals surface area contributed by atoms with Crippen LogP contribution in [0.4, 0.5) is 0 Å². The number of aliphatic imine (C=N–C) groups is 1. The number of rotatable bonds is 8. The van der Waals surface area contributed by atoms with Crippen molar-refractivity contribution < 1.29 is 0 Å². The van der Waals surface area contributed by atoms with E-state index in [-0.39, 0.29) is 24.0 Å². The average Bonchev–Trinajstić information content (AvgIpc) is 3.28. The number of hydrogen-bond acceptors (Lipinski definition) is 2. The number of benzene rings is 1. The second-order valence-corrected chi connectivity index (χ2v) is 6.45. The van der Waals surface area contributed by atoms with Crippen LogP contribution in [-0.4, -0.2) is 40.1 Å². The molecule has 7 heteroatoms. The van der Waals surface area contributed by atoms with Gasteiger partial charge in [0.25, 0.3) is 0 Å². The molecule has 0 aliphatic carbocycles. The quantitative estimate of drug-likeness (QED) is 0.200. The molecule has 6 nitrogen and oxygen atoms in total. The highest BCUT2D eigenvalue weighted by atomic mass is 127. The number of imidazole rings is 1. The summed E-state index contributed by atoms with van der Waals surface area (Å²) in [5, 5.41) is 8.05. The van der Waals surface area contributed by atoms with Gasteiger partial charge in [-0.2, -0.15) is 0 Å². The summed E-state index contributed by atoms with van der Waals surface area (Å²) in [5.41, 5.74) is 3.82. The maximum atomic E-state index is 4.66. The standard InChI is InChI=1S/C20H28N6.HI/c1-3-22-20(23-8-4-11-26-12-10-21-15-26)24-9-7-17-14-25-19-13-16(2)5-6-18(17)19;/h5-6,10,12-15,25H,3-4,7-9,11H2,1-2H3,(H2,22,23,24);1H. The molecule has 2 heterocycles. The third-order valence-corrected chi connectivity index (χ3v) is 4.36. The van der Waals surface area contributed by atoms with E-state index in [1.807, 2.05) is 12.5 Å². The first-order valence-corrected chi connectivity index (χ1v) is 9.31. The van der Waals surface area contributed by atoms with Gasteiger partial charge in [-0.3, -0.25) is 4.99 Å². The molecule has 0 amide bonds. The molecular weight excluding hydrogens is 451 g/mol. The summed E-state index contributed by atoms with van der Waals surface area (Å²) in [6.07, 6.45) is 9.70. The molecule has 146 valence electrons. The van der Waals surface area contributed by atoms with Crippen LogP contribution in [0, 0.1) is 6.92 Å². The van der Waals surface area contributed by atoms with Gasteiger partial charge in [-0.15, -0.1) is 24.0 Å². The van der Waals surface area contributed by atoms with E-state index in [0.29, 0.717) is 0 Å². The van der Waals surface area contributed by atoms with Gasteiger partial charge in [0.1, 0.15) is 0 Å². The first-order chi connectivity index (χ1) is 12.8. The number of guanidine groups is 1. The van der Waals surface area contributed by atoms with E-state index in [2.05, 4.69) is 68.4 Å². The van der Waals surface area contributed by atoms with Crippen LogP contribution < -0.4 is 10.6 Å². The van der Waals surface area contributed by atoms with E-state index in [9.17, 15) is 0 Å². The molecule has 3 rings (SSSR count). The van der Waals surface area contributed by atoms with Crippen molar-refractivity contribution in [1.82, 2.24) is 25.2 Å². The Morgan fingerprint density at radius 1 is 1.30 bits per heavy atom. The molecule has 0 aliphatic heterocycles.